The number of halogens is 1. The van der Waals surface area contributed by atoms with Crippen LogP contribution in [0, 0.1) is 6.92 Å². The number of aromatic nitrogens is 3. The van der Waals surface area contributed by atoms with E-state index in [0.717, 1.165) is 15.9 Å². The summed E-state index contributed by atoms with van der Waals surface area (Å²) < 4.78 is 2.64. The summed E-state index contributed by atoms with van der Waals surface area (Å²) in [6, 6.07) is 7.23. The highest BCUT2D eigenvalue weighted by Gasteiger charge is 2.08. The fourth-order valence-electron chi connectivity index (χ4n) is 1.79. The number of amides is 1. The monoisotopic (exact) mass is 362 g/mol. The van der Waals surface area contributed by atoms with Gasteiger partial charge in [-0.3, -0.25) is 10.1 Å². The van der Waals surface area contributed by atoms with Gasteiger partial charge in [0, 0.05) is 17.1 Å². The lowest BCUT2D eigenvalue weighted by Crippen LogP contribution is -2.11. The first-order valence-electron chi connectivity index (χ1n) is 6.16. The number of rotatable bonds is 3. The lowest BCUT2D eigenvalue weighted by Gasteiger charge is -2.04. The third kappa shape index (κ3) is 3.20. The van der Waals surface area contributed by atoms with E-state index in [4.69, 9.17) is 0 Å². The maximum Gasteiger partial charge on any atom is 0.257 e. The van der Waals surface area contributed by atoms with Crippen LogP contribution in [0.15, 0.2) is 46.5 Å². The Balaban J connectivity index is 1.76. The Labute approximate surface area is 133 Å². The van der Waals surface area contributed by atoms with Crippen LogP contribution in [0.25, 0.3) is 5.69 Å². The summed E-state index contributed by atoms with van der Waals surface area (Å²) in [6.45, 7) is 1.89. The van der Waals surface area contributed by atoms with Crippen molar-refractivity contribution in [3.05, 3.63) is 57.8 Å². The molecule has 3 rings (SSSR count). The zero-order valence-electron chi connectivity index (χ0n) is 11.1. The van der Waals surface area contributed by atoms with E-state index in [1.54, 1.807) is 23.0 Å². The molecule has 2 aromatic heterocycles. The number of anilines is 1. The highest BCUT2D eigenvalue weighted by Crippen LogP contribution is 2.17. The number of hydrogen-bond acceptors (Lipinski definition) is 4. The van der Waals surface area contributed by atoms with E-state index in [1.807, 2.05) is 30.6 Å². The second kappa shape index (κ2) is 5.79. The summed E-state index contributed by atoms with van der Waals surface area (Å²) in [7, 11) is 0. The number of thiazole rings is 1. The number of nitrogens with one attached hydrogen (secondary N) is 1. The molecule has 7 heteroatoms. The van der Waals surface area contributed by atoms with Crippen LogP contribution in [0.2, 0.25) is 0 Å². The number of aryl methyl sites for hydroxylation is 1. The van der Waals surface area contributed by atoms with Gasteiger partial charge in [-0.25, -0.2) is 9.67 Å². The highest BCUT2D eigenvalue weighted by molar-refractivity contribution is 9.10. The summed E-state index contributed by atoms with van der Waals surface area (Å²) in [6.07, 6.45) is 3.57. The van der Waals surface area contributed by atoms with E-state index in [-0.39, 0.29) is 5.91 Å². The molecule has 0 fully saturated rings. The Bertz CT molecular complexity index is 778. The maximum absolute atomic E-state index is 12.1. The molecule has 1 aromatic carbocycles. The van der Waals surface area contributed by atoms with Crippen molar-refractivity contribution in [3.63, 3.8) is 0 Å². The molecule has 0 aliphatic heterocycles. The first kappa shape index (κ1) is 14.0. The zero-order valence-corrected chi connectivity index (χ0v) is 13.5. The van der Waals surface area contributed by atoms with Crippen LogP contribution in [-0.2, 0) is 0 Å². The third-order valence-electron chi connectivity index (χ3n) is 2.78. The highest BCUT2D eigenvalue weighted by atomic mass is 79.9. The first-order valence-corrected chi connectivity index (χ1v) is 7.83. The van der Waals surface area contributed by atoms with Crippen LogP contribution in [0.5, 0.6) is 0 Å². The van der Waals surface area contributed by atoms with Gasteiger partial charge < -0.3 is 0 Å². The summed E-state index contributed by atoms with van der Waals surface area (Å²) in [5.74, 6) is -0.169. The fraction of sp³-hybridized carbons (Fsp3) is 0.0714. The van der Waals surface area contributed by atoms with Crippen LogP contribution in [-0.4, -0.2) is 20.7 Å². The van der Waals surface area contributed by atoms with Gasteiger partial charge in [0.2, 0.25) is 0 Å². The normalized spacial score (nSPS) is 10.6. The van der Waals surface area contributed by atoms with E-state index in [2.05, 4.69) is 31.3 Å². The maximum atomic E-state index is 12.1. The van der Waals surface area contributed by atoms with E-state index >= 15 is 0 Å². The Morgan fingerprint density at radius 2 is 2.10 bits per heavy atom. The number of benzene rings is 1. The van der Waals surface area contributed by atoms with E-state index < -0.39 is 0 Å². The molecule has 0 aliphatic carbocycles. The molecular weight excluding hydrogens is 352 g/mol. The van der Waals surface area contributed by atoms with Crippen LogP contribution in [0.1, 0.15) is 16.1 Å². The number of carbonyl (C=O) groups excluding carboxylic acids is 1. The molecule has 0 unspecified atom stereocenters. The van der Waals surface area contributed by atoms with E-state index in [0.29, 0.717) is 10.7 Å². The van der Waals surface area contributed by atoms with Gasteiger partial charge in [0.15, 0.2) is 5.13 Å². The molecule has 0 radical (unpaired) electrons. The summed E-state index contributed by atoms with van der Waals surface area (Å²) in [5, 5.41) is 9.48. The van der Waals surface area contributed by atoms with Crippen molar-refractivity contribution in [3.8, 4) is 5.69 Å². The fourth-order valence-corrected chi connectivity index (χ4v) is 2.76. The van der Waals surface area contributed by atoms with Crippen molar-refractivity contribution in [2.24, 2.45) is 0 Å². The van der Waals surface area contributed by atoms with Crippen molar-refractivity contribution in [1.82, 2.24) is 14.8 Å². The van der Waals surface area contributed by atoms with Crippen LogP contribution in [0.4, 0.5) is 5.13 Å². The van der Waals surface area contributed by atoms with Gasteiger partial charge in [-0.15, -0.1) is 11.3 Å². The molecule has 0 saturated heterocycles. The van der Waals surface area contributed by atoms with Gasteiger partial charge in [0.25, 0.3) is 5.91 Å². The smallest absolute Gasteiger partial charge is 0.257 e. The second-order valence-electron chi connectivity index (χ2n) is 4.40. The Morgan fingerprint density at radius 1 is 1.33 bits per heavy atom. The van der Waals surface area contributed by atoms with Gasteiger partial charge in [0.05, 0.1) is 22.1 Å². The lowest BCUT2D eigenvalue weighted by atomic mass is 10.2. The average Bonchev–Trinajstić information content (AvgIpc) is 3.08. The Kier molecular flexibility index (Phi) is 3.85. The topological polar surface area (TPSA) is 59.8 Å². The average molecular weight is 363 g/mol. The van der Waals surface area contributed by atoms with Gasteiger partial charge in [-0.1, -0.05) is 0 Å². The lowest BCUT2D eigenvalue weighted by molar-refractivity contribution is 0.102. The molecule has 0 bridgehead atoms. The van der Waals surface area contributed by atoms with Crippen molar-refractivity contribution in [2.75, 3.05) is 5.32 Å². The standard InChI is InChI=1S/C14H11BrN4OS/c1-9-8-21-14(17-9)18-13(20)10-2-4-12(5-3-10)19-7-11(15)6-16-19/h2-8H,1H3,(H,17,18,20). The number of carbonyl (C=O) groups is 1. The quantitative estimate of drug-likeness (QED) is 0.773. The number of nitrogens with zero attached hydrogens (tertiary/aromatic N) is 3. The predicted octanol–water partition coefficient (Wildman–Crippen LogP) is 3.65. The molecule has 1 N–H and O–H groups in total. The predicted molar refractivity (Wildman–Crippen MR) is 86.1 cm³/mol. The SMILES string of the molecule is Cc1csc(NC(=O)c2ccc(-n3cc(Br)cn3)cc2)n1. The molecule has 3 aromatic rings. The van der Waals surface area contributed by atoms with Crippen molar-refractivity contribution >= 4 is 38.3 Å². The van der Waals surface area contributed by atoms with Crippen LogP contribution in [0.3, 0.4) is 0 Å². The minimum Gasteiger partial charge on any atom is -0.298 e. The molecular formula is C14H11BrN4OS. The molecule has 0 spiro atoms. The minimum atomic E-state index is -0.169. The number of hydrogen-bond donors (Lipinski definition) is 1. The molecule has 0 aliphatic rings. The van der Waals surface area contributed by atoms with E-state index in [9.17, 15) is 4.79 Å². The molecule has 21 heavy (non-hydrogen) atoms. The molecule has 2 heterocycles. The van der Waals surface area contributed by atoms with Crippen molar-refractivity contribution < 1.29 is 4.79 Å². The van der Waals surface area contributed by atoms with Gasteiger partial charge in [0.1, 0.15) is 0 Å². The molecule has 1 amide bonds. The zero-order chi connectivity index (χ0) is 14.8. The Morgan fingerprint density at radius 3 is 2.67 bits per heavy atom. The van der Waals surface area contributed by atoms with Gasteiger partial charge in [-0.05, 0) is 47.1 Å². The van der Waals surface area contributed by atoms with Crippen molar-refractivity contribution in [2.45, 2.75) is 6.92 Å². The van der Waals surface area contributed by atoms with Crippen LogP contribution < -0.4 is 5.32 Å². The largest absolute Gasteiger partial charge is 0.298 e. The molecule has 5 nitrogen and oxygen atoms in total. The summed E-state index contributed by atoms with van der Waals surface area (Å²) >= 11 is 4.77. The second-order valence-corrected chi connectivity index (χ2v) is 6.17. The molecule has 0 saturated carbocycles. The van der Waals surface area contributed by atoms with Crippen molar-refractivity contribution in [1.29, 1.82) is 0 Å². The summed E-state index contributed by atoms with van der Waals surface area (Å²) in [4.78, 5) is 16.3. The first-order chi connectivity index (χ1) is 10.1. The van der Waals surface area contributed by atoms with Crippen LogP contribution >= 0.6 is 27.3 Å². The van der Waals surface area contributed by atoms with Gasteiger partial charge in [-0.2, -0.15) is 5.10 Å². The third-order valence-corrected chi connectivity index (χ3v) is 4.07. The molecule has 106 valence electrons. The molecule has 0 atom stereocenters. The Hall–Kier alpha value is -1.99. The van der Waals surface area contributed by atoms with Gasteiger partial charge >= 0.3 is 0 Å². The minimum absolute atomic E-state index is 0.169. The summed E-state index contributed by atoms with van der Waals surface area (Å²) in [5.41, 5.74) is 2.37. The van der Waals surface area contributed by atoms with E-state index in [1.165, 1.54) is 11.3 Å².